The summed E-state index contributed by atoms with van der Waals surface area (Å²) in [5, 5.41) is 2.87. The van der Waals surface area contributed by atoms with E-state index in [2.05, 4.69) is 5.32 Å². The number of carbonyl (C=O) groups excluding carboxylic acids is 1. The van der Waals surface area contributed by atoms with Gasteiger partial charge in [0.2, 0.25) is 11.7 Å². The van der Waals surface area contributed by atoms with E-state index in [1.54, 1.807) is 21.3 Å². The molecule has 1 atom stereocenters. The van der Waals surface area contributed by atoms with Gasteiger partial charge in [-0.2, -0.15) is 0 Å². The van der Waals surface area contributed by atoms with Crippen molar-refractivity contribution in [2.24, 2.45) is 0 Å². The number of benzene rings is 1. The maximum absolute atomic E-state index is 11.9. The predicted octanol–water partition coefficient (Wildman–Crippen LogP) is 1.51. The monoisotopic (exact) mass is 295 g/mol. The average molecular weight is 295 g/mol. The molecule has 1 heterocycles. The standard InChI is InChI=1S/C15H21NO5/c1-18-12-7-10(8-13(19-2)14(12)20-3)9-16-15(17)11-5-4-6-21-11/h7-8,11H,4-6,9H2,1-3H3,(H,16,17). The summed E-state index contributed by atoms with van der Waals surface area (Å²) in [4.78, 5) is 11.9. The first-order valence-corrected chi connectivity index (χ1v) is 6.87. The highest BCUT2D eigenvalue weighted by Gasteiger charge is 2.23. The molecule has 1 aliphatic rings. The van der Waals surface area contributed by atoms with Crippen LogP contribution in [0.25, 0.3) is 0 Å². The summed E-state index contributed by atoms with van der Waals surface area (Å²) < 4.78 is 21.2. The number of ether oxygens (including phenoxy) is 4. The number of hydrogen-bond acceptors (Lipinski definition) is 5. The zero-order valence-corrected chi connectivity index (χ0v) is 12.6. The highest BCUT2D eigenvalue weighted by molar-refractivity contribution is 5.81. The van der Waals surface area contributed by atoms with E-state index in [0.717, 1.165) is 18.4 Å². The molecule has 1 saturated heterocycles. The lowest BCUT2D eigenvalue weighted by Crippen LogP contribution is -2.33. The van der Waals surface area contributed by atoms with Gasteiger partial charge in [0.25, 0.3) is 0 Å². The molecule has 1 amide bonds. The molecule has 1 aromatic carbocycles. The van der Waals surface area contributed by atoms with Crippen LogP contribution >= 0.6 is 0 Å². The summed E-state index contributed by atoms with van der Waals surface area (Å²) in [7, 11) is 4.68. The molecule has 6 nitrogen and oxygen atoms in total. The van der Waals surface area contributed by atoms with Crippen LogP contribution in [0.3, 0.4) is 0 Å². The molecule has 21 heavy (non-hydrogen) atoms. The molecule has 0 radical (unpaired) electrons. The van der Waals surface area contributed by atoms with Crippen LogP contribution in [0, 0.1) is 0 Å². The molecule has 1 N–H and O–H groups in total. The number of carbonyl (C=O) groups is 1. The average Bonchev–Trinajstić information content (AvgIpc) is 3.05. The van der Waals surface area contributed by atoms with Gasteiger partial charge in [-0.3, -0.25) is 4.79 Å². The maximum Gasteiger partial charge on any atom is 0.249 e. The van der Waals surface area contributed by atoms with Gasteiger partial charge in [-0.05, 0) is 30.5 Å². The van der Waals surface area contributed by atoms with E-state index in [4.69, 9.17) is 18.9 Å². The van der Waals surface area contributed by atoms with E-state index in [-0.39, 0.29) is 12.0 Å². The first-order chi connectivity index (χ1) is 10.2. The van der Waals surface area contributed by atoms with Crippen molar-refractivity contribution in [1.82, 2.24) is 5.32 Å². The number of methoxy groups -OCH3 is 3. The van der Waals surface area contributed by atoms with E-state index in [1.165, 1.54) is 0 Å². The highest BCUT2D eigenvalue weighted by atomic mass is 16.5. The third-order valence-corrected chi connectivity index (χ3v) is 3.41. The highest BCUT2D eigenvalue weighted by Crippen LogP contribution is 2.38. The normalized spacial score (nSPS) is 17.4. The summed E-state index contributed by atoms with van der Waals surface area (Å²) in [5.41, 5.74) is 0.871. The van der Waals surface area contributed by atoms with Gasteiger partial charge in [-0.1, -0.05) is 0 Å². The van der Waals surface area contributed by atoms with Gasteiger partial charge in [-0.15, -0.1) is 0 Å². The molecule has 0 spiro atoms. The maximum atomic E-state index is 11.9. The van der Waals surface area contributed by atoms with Crippen molar-refractivity contribution in [2.75, 3.05) is 27.9 Å². The van der Waals surface area contributed by atoms with Crippen molar-refractivity contribution in [1.29, 1.82) is 0 Å². The van der Waals surface area contributed by atoms with Crippen molar-refractivity contribution in [2.45, 2.75) is 25.5 Å². The lowest BCUT2D eigenvalue weighted by Gasteiger charge is -2.15. The van der Waals surface area contributed by atoms with Crippen LogP contribution in [0.5, 0.6) is 17.2 Å². The Balaban J connectivity index is 2.07. The fourth-order valence-corrected chi connectivity index (χ4v) is 2.32. The zero-order valence-electron chi connectivity index (χ0n) is 12.6. The molecule has 2 rings (SSSR count). The van der Waals surface area contributed by atoms with Gasteiger partial charge in [-0.25, -0.2) is 0 Å². The molecule has 1 unspecified atom stereocenters. The second-order valence-electron chi connectivity index (χ2n) is 4.75. The van der Waals surface area contributed by atoms with Crippen molar-refractivity contribution in [3.63, 3.8) is 0 Å². The number of nitrogens with one attached hydrogen (secondary N) is 1. The largest absolute Gasteiger partial charge is 0.493 e. The van der Waals surface area contributed by atoms with Gasteiger partial charge < -0.3 is 24.3 Å². The molecule has 0 aromatic heterocycles. The summed E-state index contributed by atoms with van der Waals surface area (Å²) in [5.74, 6) is 1.59. The summed E-state index contributed by atoms with van der Waals surface area (Å²) in [6, 6.07) is 3.63. The first kappa shape index (κ1) is 15.4. The van der Waals surface area contributed by atoms with Gasteiger partial charge in [0, 0.05) is 13.2 Å². The Morgan fingerprint density at radius 2 is 1.90 bits per heavy atom. The third kappa shape index (κ3) is 3.58. The summed E-state index contributed by atoms with van der Waals surface area (Å²) >= 11 is 0. The Morgan fingerprint density at radius 3 is 2.38 bits per heavy atom. The van der Waals surface area contributed by atoms with Crippen LogP contribution in [-0.2, 0) is 16.1 Å². The molecule has 0 aliphatic carbocycles. The van der Waals surface area contributed by atoms with Crippen molar-refractivity contribution >= 4 is 5.91 Å². The Kier molecular flexibility index (Phi) is 5.27. The van der Waals surface area contributed by atoms with Gasteiger partial charge in [0.1, 0.15) is 6.10 Å². The Bertz CT molecular complexity index is 472. The fourth-order valence-electron chi connectivity index (χ4n) is 2.32. The zero-order chi connectivity index (χ0) is 15.2. The smallest absolute Gasteiger partial charge is 0.249 e. The Hall–Kier alpha value is -1.95. The lowest BCUT2D eigenvalue weighted by molar-refractivity contribution is -0.130. The van der Waals surface area contributed by atoms with Crippen LogP contribution in [0.2, 0.25) is 0 Å². The molecule has 0 bridgehead atoms. The minimum atomic E-state index is -0.327. The number of hydrogen-bond donors (Lipinski definition) is 1. The first-order valence-electron chi connectivity index (χ1n) is 6.87. The topological polar surface area (TPSA) is 66.0 Å². The third-order valence-electron chi connectivity index (χ3n) is 3.41. The van der Waals surface area contributed by atoms with E-state index in [0.29, 0.717) is 30.4 Å². The van der Waals surface area contributed by atoms with Crippen LogP contribution in [-0.4, -0.2) is 39.9 Å². The molecule has 1 aliphatic heterocycles. The SMILES string of the molecule is COc1cc(CNC(=O)C2CCCO2)cc(OC)c1OC. The molecule has 0 saturated carbocycles. The molecule has 6 heteroatoms. The molecular weight excluding hydrogens is 274 g/mol. The molecule has 1 fully saturated rings. The molecule has 1 aromatic rings. The minimum absolute atomic E-state index is 0.0822. The second kappa shape index (κ2) is 7.17. The van der Waals surface area contributed by atoms with E-state index in [9.17, 15) is 4.79 Å². The van der Waals surface area contributed by atoms with Gasteiger partial charge in [0.05, 0.1) is 21.3 Å². The lowest BCUT2D eigenvalue weighted by atomic mass is 10.1. The molecular formula is C15H21NO5. The second-order valence-corrected chi connectivity index (χ2v) is 4.75. The number of amides is 1. The summed E-state index contributed by atoms with van der Waals surface area (Å²) in [6.07, 6.45) is 1.38. The fraction of sp³-hybridized carbons (Fsp3) is 0.533. The van der Waals surface area contributed by atoms with Crippen molar-refractivity contribution in [3.05, 3.63) is 17.7 Å². The van der Waals surface area contributed by atoms with Crippen LogP contribution in [0.15, 0.2) is 12.1 Å². The van der Waals surface area contributed by atoms with Gasteiger partial charge in [0.15, 0.2) is 11.5 Å². The Morgan fingerprint density at radius 1 is 1.24 bits per heavy atom. The van der Waals surface area contributed by atoms with Crippen molar-refractivity contribution < 1.29 is 23.7 Å². The Labute approximate surface area is 124 Å². The quantitative estimate of drug-likeness (QED) is 0.861. The van der Waals surface area contributed by atoms with Crippen LogP contribution in [0.4, 0.5) is 0 Å². The van der Waals surface area contributed by atoms with E-state index < -0.39 is 0 Å². The minimum Gasteiger partial charge on any atom is -0.493 e. The van der Waals surface area contributed by atoms with Crippen molar-refractivity contribution in [3.8, 4) is 17.2 Å². The van der Waals surface area contributed by atoms with Crippen LogP contribution < -0.4 is 19.5 Å². The predicted molar refractivity (Wildman–Crippen MR) is 76.9 cm³/mol. The molecule has 116 valence electrons. The number of rotatable bonds is 6. The van der Waals surface area contributed by atoms with E-state index in [1.807, 2.05) is 12.1 Å². The van der Waals surface area contributed by atoms with Crippen LogP contribution in [0.1, 0.15) is 18.4 Å². The van der Waals surface area contributed by atoms with E-state index >= 15 is 0 Å². The van der Waals surface area contributed by atoms with Gasteiger partial charge >= 0.3 is 0 Å². The summed E-state index contributed by atoms with van der Waals surface area (Å²) in [6.45, 7) is 1.04.